The van der Waals surface area contributed by atoms with Gasteiger partial charge in [-0.25, -0.2) is 0 Å². The second-order valence-corrected chi connectivity index (χ2v) is 2.85. The van der Waals surface area contributed by atoms with Gasteiger partial charge in [0, 0.05) is 0 Å². The summed E-state index contributed by atoms with van der Waals surface area (Å²) in [5.74, 6) is 0. The molecule has 0 bridgehead atoms. The molecular formula is C9H11OSi. The van der Waals surface area contributed by atoms with Crippen LogP contribution in [0.3, 0.4) is 0 Å². The van der Waals surface area contributed by atoms with Crippen LogP contribution in [0.1, 0.15) is 24.2 Å². The van der Waals surface area contributed by atoms with Crippen LogP contribution in [0.4, 0.5) is 0 Å². The molecule has 0 heterocycles. The van der Waals surface area contributed by atoms with Gasteiger partial charge in [-0.2, -0.15) is 0 Å². The lowest BCUT2D eigenvalue weighted by molar-refractivity contribution is 0.250. The van der Waals surface area contributed by atoms with E-state index in [1.165, 1.54) is 11.1 Å². The molecule has 1 aromatic rings. The summed E-state index contributed by atoms with van der Waals surface area (Å²) >= 11 is 0. The second kappa shape index (κ2) is 3.69. The molecule has 2 heteroatoms. The molecular weight excluding hydrogens is 152 g/mol. The zero-order chi connectivity index (χ0) is 8.27. The Morgan fingerprint density at radius 3 is 2.55 bits per heavy atom. The van der Waals surface area contributed by atoms with E-state index in [1.807, 2.05) is 19.1 Å². The normalized spacial score (nSPS) is 13.0. The summed E-state index contributed by atoms with van der Waals surface area (Å²) in [7, 11) is 3.03. The third kappa shape index (κ3) is 1.91. The van der Waals surface area contributed by atoms with Gasteiger partial charge in [0.15, 0.2) is 0 Å². The molecule has 0 saturated carbocycles. The van der Waals surface area contributed by atoms with Crippen molar-refractivity contribution in [2.24, 2.45) is 0 Å². The van der Waals surface area contributed by atoms with Crippen molar-refractivity contribution in [3.05, 3.63) is 35.4 Å². The van der Waals surface area contributed by atoms with Crippen LogP contribution in [-0.4, -0.2) is 10.5 Å². The minimum absolute atomic E-state index is 0.118. The molecule has 0 aromatic heterocycles. The highest BCUT2D eigenvalue weighted by Crippen LogP contribution is 2.18. The Balaban J connectivity index is 2.93. The number of aryl methyl sites for hydroxylation is 1. The minimum Gasteiger partial charge on any atom is -0.412 e. The molecule has 11 heavy (non-hydrogen) atoms. The molecule has 1 aromatic carbocycles. The van der Waals surface area contributed by atoms with Crippen molar-refractivity contribution in [2.45, 2.75) is 20.0 Å². The van der Waals surface area contributed by atoms with Crippen molar-refractivity contribution in [1.82, 2.24) is 0 Å². The fourth-order valence-corrected chi connectivity index (χ4v) is 1.23. The standard InChI is InChI=1S/C9H11OSi/c1-7-5-3-4-6-9(7)8(2)10-11/h3-6,8H,1-2H3. The third-order valence-corrected chi connectivity index (χ3v) is 2.16. The number of benzene rings is 1. The van der Waals surface area contributed by atoms with E-state index in [0.717, 1.165) is 0 Å². The number of rotatable bonds is 2. The molecule has 1 atom stereocenters. The average Bonchev–Trinajstić information content (AvgIpc) is 2.04. The topological polar surface area (TPSA) is 9.23 Å². The zero-order valence-electron chi connectivity index (χ0n) is 6.79. The molecule has 0 aliphatic carbocycles. The molecule has 0 aliphatic heterocycles. The lowest BCUT2D eigenvalue weighted by atomic mass is 10.1. The van der Waals surface area contributed by atoms with Crippen molar-refractivity contribution in [3.63, 3.8) is 0 Å². The van der Waals surface area contributed by atoms with Gasteiger partial charge in [-0.15, -0.1) is 0 Å². The molecule has 57 valence electrons. The predicted octanol–water partition coefficient (Wildman–Crippen LogP) is 2.16. The number of hydrogen-bond donors (Lipinski definition) is 0. The first-order chi connectivity index (χ1) is 5.25. The van der Waals surface area contributed by atoms with Crippen LogP contribution in [0.2, 0.25) is 0 Å². The maximum Gasteiger partial charge on any atom is 0.247 e. The Morgan fingerprint density at radius 1 is 1.36 bits per heavy atom. The van der Waals surface area contributed by atoms with Gasteiger partial charge in [-0.3, -0.25) is 0 Å². The van der Waals surface area contributed by atoms with Gasteiger partial charge < -0.3 is 4.43 Å². The summed E-state index contributed by atoms with van der Waals surface area (Å²) in [5.41, 5.74) is 2.49. The molecule has 0 amide bonds. The quantitative estimate of drug-likeness (QED) is 0.607. The monoisotopic (exact) mass is 163 g/mol. The molecule has 0 N–H and O–H groups in total. The largest absolute Gasteiger partial charge is 0.412 e. The maximum absolute atomic E-state index is 5.02. The molecule has 0 saturated heterocycles. The third-order valence-electron chi connectivity index (χ3n) is 1.80. The van der Waals surface area contributed by atoms with Crippen LogP contribution >= 0.6 is 0 Å². The molecule has 1 nitrogen and oxygen atoms in total. The van der Waals surface area contributed by atoms with Crippen LogP contribution < -0.4 is 0 Å². The summed E-state index contributed by atoms with van der Waals surface area (Å²) in [6, 6.07) is 8.19. The lowest BCUT2D eigenvalue weighted by Crippen LogP contribution is -1.98. The Kier molecular flexibility index (Phi) is 2.85. The molecule has 0 aliphatic rings. The van der Waals surface area contributed by atoms with Crippen molar-refractivity contribution >= 4 is 10.5 Å². The van der Waals surface area contributed by atoms with Crippen LogP contribution in [0.5, 0.6) is 0 Å². The Morgan fingerprint density at radius 2 is 2.00 bits per heavy atom. The molecule has 0 spiro atoms. The Bertz CT molecular complexity index is 235. The van der Waals surface area contributed by atoms with Gasteiger partial charge in [0.05, 0.1) is 6.10 Å². The summed E-state index contributed by atoms with van der Waals surface area (Å²) < 4.78 is 5.02. The first-order valence-corrected chi connectivity index (χ1v) is 4.04. The van der Waals surface area contributed by atoms with Gasteiger partial charge in [0.2, 0.25) is 10.5 Å². The van der Waals surface area contributed by atoms with Crippen molar-refractivity contribution in [1.29, 1.82) is 0 Å². The fourth-order valence-electron chi connectivity index (χ4n) is 1.11. The second-order valence-electron chi connectivity index (χ2n) is 2.62. The van der Waals surface area contributed by atoms with E-state index < -0.39 is 0 Å². The molecule has 0 fully saturated rings. The maximum atomic E-state index is 5.02. The molecule has 1 rings (SSSR count). The lowest BCUT2D eigenvalue weighted by Gasteiger charge is -2.12. The van der Waals surface area contributed by atoms with Gasteiger partial charge in [0.1, 0.15) is 0 Å². The van der Waals surface area contributed by atoms with Crippen LogP contribution in [0.25, 0.3) is 0 Å². The van der Waals surface area contributed by atoms with E-state index in [2.05, 4.69) is 29.5 Å². The average molecular weight is 163 g/mol. The van der Waals surface area contributed by atoms with Crippen molar-refractivity contribution in [2.75, 3.05) is 0 Å². The highest BCUT2D eigenvalue weighted by molar-refractivity contribution is 5.98. The molecule has 3 radical (unpaired) electrons. The van der Waals surface area contributed by atoms with E-state index in [1.54, 1.807) is 0 Å². The van der Waals surface area contributed by atoms with E-state index in [0.29, 0.717) is 0 Å². The van der Waals surface area contributed by atoms with E-state index in [9.17, 15) is 0 Å². The summed E-state index contributed by atoms with van der Waals surface area (Å²) in [4.78, 5) is 0. The smallest absolute Gasteiger partial charge is 0.247 e. The van der Waals surface area contributed by atoms with Gasteiger partial charge >= 0.3 is 0 Å². The van der Waals surface area contributed by atoms with E-state index in [4.69, 9.17) is 4.43 Å². The first kappa shape index (κ1) is 8.49. The fraction of sp³-hybridized carbons (Fsp3) is 0.333. The van der Waals surface area contributed by atoms with Crippen molar-refractivity contribution < 1.29 is 4.43 Å². The Labute approximate surface area is 70.9 Å². The van der Waals surface area contributed by atoms with Crippen LogP contribution in [-0.2, 0) is 4.43 Å². The molecule has 1 unspecified atom stereocenters. The van der Waals surface area contributed by atoms with E-state index in [-0.39, 0.29) is 6.10 Å². The van der Waals surface area contributed by atoms with Gasteiger partial charge in [-0.05, 0) is 25.0 Å². The highest BCUT2D eigenvalue weighted by atomic mass is 28.2. The Hall–Kier alpha value is -0.603. The summed E-state index contributed by atoms with van der Waals surface area (Å²) in [6.07, 6.45) is 0.118. The van der Waals surface area contributed by atoms with Crippen LogP contribution in [0, 0.1) is 6.92 Å². The van der Waals surface area contributed by atoms with Gasteiger partial charge in [0.25, 0.3) is 0 Å². The van der Waals surface area contributed by atoms with Gasteiger partial charge in [-0.1, -0.05) is 24.3 Å². The highest BCUT2D eigenvalue weighted by Gasteiger charge is 2.04. The minimum atomic E-state index is 0.118. The zero-order valence-corrected chi connectivity index (χ0v) is 7.79. The van der Waals surface area contributed by atoms with Crippen LogP contribution in [0.15, 0.2) is 24.3 Å². The number of hydrogen-bond acceptors (Lipinski definition) is 1. The van der Waals surface area contributed by atoms with E-state index >= 15 is 0 Å². The summed E-state index contributed by atoms with van der Waals surface area (Å²) in [5, 5.41) is 0. The first-order valence-electron chi connectivity index (χ1n) is 3.63. The summed E-state index contributed by atoms with van der Waals surface area (Å²) in [6.45, 7) is 4.09. The SMILES string of the molecule is Cc1ccccc1C(C)O[Si]. The predicted molar refractivity (Wildman–Crippen MR) is 46.4 cm³/mol. The van der Waals surface area contributed by atoms with Crippen molar-refractivity contribution in [3.8, 4) is 0 Å².